The quantitative estimate of drug-likeness (QED) is 0.280. The molecule has 2 aliphatic rings. The van der Waals surface area contributed by atoms with Gasteiger partial charge in [-0.25, -0.2) is 4.79 Å². The first-order chi connectivity index (χ1) is 20.4. The Hall–Kier alpha value is -4.61. The zero-order chi connectivity index (χ0) is 30.9. The minimum absolute atomic E-state index is 0.0173. The first-order valence-electron chi connectivity index (χ1n) is 14.7. The van der Waals surface area contributed by atoms with Gasteiger partial charge in [-0.3, -0.25) is 25.0 Å². The molecule has 1 aliphatic heterocycles. The van der Waals surface area contributed by atoms with E-state index in [-0.39, 0.29) is 40.8 Å². The van der Waals surface area contributed by atoms with Crippen LogP contribution in [0.5, 0.6) is 0 Å². The van der Waals surface area contributed by atoms with Crippen molar-refractivity contribution < 1.29 is 19.2 Å². The van der Waals surface area contributed by atoms with E-state index in [1.807, 2.05) is 30.9 Å². The van der Waals surface area contributed by atoms with E-state index in [1.165, 1.54) is 0 Å². The molecule has 1 aliphatic carbocycles. The molecular formula is C31H38N8O4. The molecule has 0 spiro atoms. The summed E-state index contributed by atoms with van der Waals surface area (Å²) in [5.41, 5.74) is 3.32. The van der Waals surface area contributed by atoms with Crippen LogP contribution in [-0.4, -0.2) is 55.3 Å². The third-order valence-electron chi connectivity index (χ3n) is 8.50. The molecule has 12 heteroatoms. The number of hydrogen-bond acceptors (Lipinski definition) is 7. The van der Waals surface area contributed by atoms with Crippen molar-refractivity contribution in [3.8, 4) is 0 Å². The van der Waals surface area contributed by atoms with Gasteiger partial charge in [-0.15, -0.1) is 5.10 Å². The Bertz CT molecular complexity index is 1520. The van der Waals surface area contributed by atoms with E-state index in [9.17, 15) is 19.2 Å². The lowest BCUT2D eigenvalue weighted by Gasteiger charge is -2.41. The summed E-state index contributed by atoms with van der Waals surface area (Å²) in [5.74, 6) is -0.610. The van der Waals surface area contributed by atoms with Crippen LogP contribution in [-0.2, 0) is 6.54 Å². The van der Waals surface area contributed by atoms with Gasteiger partial charge in [-0.2, -0.15) is 5.21 Å². The first kappa shape index (κ1) is 29.9. The van der Waals surface area contributed by atoms with Gasteiger partial charge in [0.2, 0.25) is 0 Å². The number of nitrogens with one attached hydrogen (secondary N) is 4. The van der Waals surface area contributed by atoms with Crippen molar-refractivity contribution in [1.29, 1.82) is 0 Å². The second kappa shape index (κ2) is 11.9. The van der Waals surface area contributed by atoms with Crippen LogP contribution >= 0.6 is 0 Å². The van der Waals surface area contributed by atoms with Crippen molar-refractivity contribution in [2.45, 2.75) is 78.8 Å². The summed E-state index contributed by atoms with van der Waals surface area (Å²) >= 11 is 0. The molecule has 0 radical (unpaired) electrons. The molecule has 1 saturated carbocycles. The number of aromatic nitrogens is 4. The Balaban J connectivity index is 1.37. The topological polar surface area (TPSA) is 162 Å². The molecule has 226 valence electrons. The Morgan fingerprint density at radius 3 is 2.30 bits per heavy atom. The Morgan fingerprint density at radius 2 is 1.70 bits per heavy atom. The molecule has 4 N–H and O–H groups in total. The highest BCUT2D eigenvalue weighted by Crippen LogP contribution is 2.39. The molecule has 0 bridgehead atoms. The predicted molar refractivity (Wildman–Crippen MR) is 161 cm³/mol. The van der Waals surface area contributed by atoms with Gasteiger partial charge in [0, 0.05) is 23.8 Å². The van der Waals surface area contributed by atoms with Gasteiger partial charge in [0.05, 0.1) is 11.1 Å². The Labute approximate surface area is 250 Å². The maximum absolute atomic E-state index is 13.9. The van der Waals surface area contributed by atoms with Gasteiger partial charge >= 0.3 is 6.03 Å². The second-order valence-electron chi connectivity index (χ2n) is 12.7. The maximum Gasteiger partial charge on any atom is 0.322 e. The molecule has 1 fully saturated rings. The lowest BCUT2D eigenvalue weighted by molar-refractivity contribution is 0.0878. The highest BCUT2D eigenvalue weighted by atomic mass is 16.2. The number of tetrazole rings is 1. The van der Waals surface area contributed by atoms with Gasteiger partial charge in [-0.05, 0) is 83.5 Å². The fourth-order valence-electron chi connectivity index (χ4n) is 6.02. The van der Waals surface area contributed by atoms with E-state index < -0.39 is 11.8 Å². The summed E-state index contributed by atoms with van der Waals surface area (Å²) in [5, 5.41) is 21.2. The number of benzene rings is 2. The van der Waals surface area contributed by atoms with Crippen LogP contribution in [0.2, 0.25) is 0 Å². The molecule has 43 heavy (non-hydrogen) atoms. The average molecular weight is 587 g/mol. The summed E-state index contributed by atoms with van der Waals surface area (Å²) in [4.78, 5) is 53.3. The van der Waals surface area contributed by atoms with E-state index >= 15 is 0 Å². The number of imide groups is 1. The van der Waals surface area contributed by atoms with Gasteiger partial charge < -0.3 is 10.2 Å². The lowest BCUT2D eigenvalue weighted by atomic mass is 9.71. The summed E-state index contributed by atoms with van der Waals surface area (Å²) in [6.45, 7) is 11.0. The van der Waals surface area contributed by atoms with Crippen molar-refractivity contribution in [2.75, 3.05) is 10.6 Å². The van der Waals surface area contributed by atoms with Crippen LogP contribution in [0.3, 0.4) is 0 Å². The molecule has 3 aromatic rings. The van der Waals surface area contributed by atoms with Gasteiger partial charge in [-0.1, -0.05) is 51.9 Å². The van der Waals surface area contributed by atoms with Crippen LogP contribution in [0, 0.1) is 11.3 Å². The number of anilines is 2. The summed E-state index contributed by atoms with van der Waals surface area (Å²) in [6, 6.07) is 10.1. The number of carbonyl (C=O) groups is 4. The number of hydrogen-bond donors (Lipinski definition) is 4. The number of rotatable bonds is 7. The summed E-state index contributed by atoms with van der Waals surface area (Å²) in [6.07, 6.45) is 3.79. The molecule has 0 atom stereocenters. The predicted octanol–water partition coefficient (Wildman–Crippen LogP) is 5.10. The Morgan fingerprint density at radius 1 is 1.00 bits per heavy atom. The van der Waals surface area contributed by atoms with Gasteiger partial charge in [0.25, 0.3) is 23.7 Å². The van der Waals surface area contributed by atoms with Crippen LogP contribution in [0.25, 0.3) is 0 Å². The monoisotopic (exact) mass is 586 g/mol. The molecular weight excluding hydrogens is 548 g/mol. The lowest BCUT2D eigenvalue weighted by Crippen LogP contribution is -2.45. The highest BCUT2D eigenvalue weighted by molar-refractivity contribution is 6.22. The van der Waals surface area contributed by atoms with Crippen LogP contribution in [0.1, 0.15) is 108 Å². The molecule has 2 heterocycles. The highest BCUT2D eigenvalue weighted by Gasteiger charge is 2.35. The van der Waals surface area contributed by atoms with E-state index in [0.717, 1.165) is 31.2 Å². The van der Waals surface area contributed by atoms with Crippen LogP contribution in [0.15, 0.2) is 36.4 Å². The molecule has 2 aromatic carbocycles. The number of fused-ring (bicyclic) bond motifs is 1. The first-order valence-corrected chi connectivity index (χ1v) is 14.7. The largest absolute Gasteiger partial charge is 0.322 e. The molecule has 12 nitrogen and oxygen atoms in total. The van der Waals surface area contributed by atoms with Crippen molar-refractivity contribution in [2.24, 2.45) is 11.3 Å². The number of carbonyl (C=O) groups excluding carboxylic acids is 4. The molecule has 0 saturated heterocycles. The second-order valence-corrected chi connectivity index (χ2v) is 12.7. The SMILES string of the molecule is CC(C)c1cc(NC(=O)N(Cc2ccc(C(=O)Nc3nn[nH]n3)cc2)C2CCC(C(C)(C)C)CC2)cc2c1C(=O)NC2=O. The zero-order valence-corrected chi connectivity index (χ0v) is 25.2. The minimum Gasteiger partial charge on any atom is -0.317 e. The van der Waals surface area contributed by atoms with Gasteiger partial charge in [0.15, 0.2) is 0 Å². The fourth-order valence-corrected chi connectivity index (χ4v) is 6.02. The molecule has 0 unspecified atom stereocenters. The van der Waals surface area contributed by atoms with E-state index in [1.54, 1.807) is 24.3 Å². The smallest absolute Gasteiger partial charge is 0.317 e. The van der Waals surface area contributed by atoms with Crippen molar-refractivity contribution in [3.05, 3.63) is 64.2 Å². The number of aromatic amines is 1. The van der Waals surface area contributed by atoms with E-state index in [4.69, 9.17) is 0 Å². The molecule has 1 aromatic heterocycles. The van der Waals surface area contributed by atoms with Crippen molar-refractivity contribution in [3.63, 3.8) is 0 Å². The Kier molecular flexibility index (Phi) is 8.30. The van der Waals surface area contributed by atoms with Gasteiger partial charge in [0.1, 0.15) is 0 Å². The summed E-state index contributed by atoms with van der Waals surface area (Å²) in [7, 11) is 0. The summed E-state index contributed by atoms with van der Waals surface area (Å²) < 4.78 is 0. The third kappa shape index (κ3) is 6.58. The number of amides is 5. The standard InChI is InChI=1S/C31H38N8O4/c1-17(2)23-14-21(15-24-25(23)28(42)33-27(24)41)32-30(43)39(22-12-10-20(11-13-22)31(3,4)5)16-18-6-8-19(9-7-18)26(40)34-29-35-37-38-36-29/h6-9,14-15,17,20,22H,10-13,16H2,1-5H3,(H,32,43)(H,33,41,42)(H2,34,35,36,37,38,40). The number of H-pyrrole nitrogens is 1. The molecule has 5 rings (SSSR count). The fraction of sp³-hybridized carbons (Fsp3) is 0.452. The average Bonchev–Trinajstić information content (AvgIpc) is 3.58. The normalized spacial score (nSPS) is 18.3. The minimum atomic E-state index is -0.459. The molecule has 5 amide bonds. The number of urea groups is 1. The van der Waals surface area contributed by atoms with Crippen LogP contribution in [0.4, 0.5) is 16.4 Å². The van der Waals surface area contributed by atoms with Crippen molar-refractivity contribution in [1.82, 2.24) is 30.8 Å². The maximum atomic E-state index is 13.9. The van der Waals surface area contributed by atoms with E-state index in [2.05, 4.69) is 57.3 Å². The van der Waals surface area contributed by atoms with Crippen molar-refractivity contribution >= 4 is 35.4 Å². The zero-order valence-electron chi connectivity index (χ0n) is 25.2. The third-order valence-corrected chi connectivity index (χ3v) is 8.50. The van der Waals surface area contributed by atoms with Crippen LogP contribution < -0.4 is 16.0 Å². The number of nitrogens with zero attached hydrogens (tertiary/aromatic N) is 4. The van der Waals surface area contributed by atoms with E-state index in [0.29, 0.717) is 34.8 Å².